The Morgan fingerprint density at radius 2 is 2.09 bits per heavy atom. The largest absolute Gasteiger partial charge is 0.379 e. The Kier molecular flexibility index (Phi) is 8.08. The molecule has 1 amide bonds. The first-order valence-electron chi connectivity index (χ1n) is 7.63. The van der Waals surface area contributed by atoms with Gasteiger partial charge in [0, 0.05) is 30.4 Å². The quantitative estimate of drug-likeness (QED) is 0.737. The second kappa shape index (κ2) is 10.1. The van der Waals surface area contributed by atoms with E-state index < -0.39 is 0 Å². The lowest BCUT2D eigenvalue weighted by molar-refractivity contribution is -0.118. The SMILES string of the molecule is O=C(CSCc1ccccc1Cl)NCCCN1CCOCC1. The van der Waals surface area contributed by atoms with Crippen LogP contribution >= 0.6 is 23.4 Å². The number of nitrogens with one attached hydrogen (secondary N) is 1. The average molecular weight is 343 g/mol. The molecular weight excluding hydrogens is 320 g/mol. The van der Waals surface area contributed by atoms with Gasteiger partial charge in [0.05, 0.1) is 19.0 Å². The third-order valence-electron chi connectivity index (χ3n) is 3.53. The summed E-state index contributed by atoms with van der Waals surface area (Å²) in [4.78, 5) is 14.1. The van der Waals surface area contributed by atoms with E-state index in [-0.39, 0.29) is 5.91 Å². The van der Waals surface area contributed by atoms with Crippen LogP contribution in [0, 0.1) is 0 Å². The van der Waals surface area contributed by atoms with E-state index in [0.717, 1.165) is 62.2 Å². The van der Waals surface area contributed by atoms with E-state index in [9.17, 15) is 4.79 Å². The standard InChI is InChI=1S/C16H23ClN2O2S/c17-15-5-2-1-4-14(15)12-22-13-16(20)18-6-3-7-19-8-10-21-11-9-19/h1-2,4-5H,3,6-13H2,(H,18,20). The molecule has 1 aromatic carbocycles. The van der Waals surface area contributed by atoms with Gasteiger partial charge in [-0.1, -0.05) is 29.8 Å². The fourth-order valence-electron chi connectivity index (χ4n) is 2.28. The second-order valence-electron chi connectivity index (χ2n) is 5.24. The van der Waals surface area contributed by atoms with Gasteiger partial charge in [-0.3, -0.25) is 9.69 Å². The van der Waals surface area contributed by atoms with Gasteiger partial charge >= 0.3 is 0 Å². The lowest BCUT2D eigenvalue weighted by Gasteiger charge is -2.26. The molecule has 0 aromatic heterocycles. The molecule has 22 heavy (non-hydrogen) atoms. The first-order chi connectivity index (χ1) is 10.8. The zero-order valence-corrected chi connectivity index (χ0v) is 14.3. The highest BCUT2D eigenvalue weighted by atomic mass is 35.5. The van der Waals surface area contributed by atoms with Crippen LogP contribution in [0.1, 0.15) is 12.0 Å². The lowest BCUT2D eigenvalue weighted by atomic mass is 10.2. The number of thioether (sulfide) groups is 1. The molecule has 4 nitrogen and oxygen atoms in total. The molecule has 0 radical (unpaired) electrons. The number of ether oxygens (including phenoxy) is 1. The average Bonchev–Trinajstić information content (AvgIpc) is 2.54. The van der Waals surface area contributed by atoms with Gasteiger partial charge in [-0.15, -0.1) is 11.8 Å². The number of rotatable bonds is 8. The summed E-state index contributed by atoms with van der Waals surface area (Å²) < 4.78 is 5.31. The van der Waals surface area contributed by atoms with Crippen molar-refractivity contribution in [2.45, 2.75) is 12.2 Å². The Hall–Kier alpha value is -0.750. The smallest absolute Gasteiger partial charge is 0.230 e. The Morgan fingerprint density at radius 1 is 1.32 bits per heavy atom. The molecule has 1 aliphatic rings. The van der Waals surface area contributed by atoms with E-state index >= 15 is 0 Å². The number of carbonyl (C=O) groups excluding carboxylic acids is 1. The minimum absolute atomic E-state index is 0.0963. The Bertz CT molecular complexity index is 467. The maximum absolute atomic E-state index is 11.8. The van der Waals surface area contributed by atoms with E-state index in [1.165, 1.54) is 0 Å². The normalized spacial score (nSPS) is 15.7. The number of amides is 1. The van der Waals surface area contributed by atoms with Gasteiger partial charge in [0.2, 0.25) is 5.91 Å². The van der Waals surface area contributed by atoms with Crippen LogP contribution in [0.15, 0.2) is 24.3 Å². The third-order valence-corrected chi connectivity index (χ3v) is 4.88. The fraction of sp³-hybridized carbons (Fsp3) is 0.562. The van der Waals surface area contributed by atoms with Crippen LogP contribution in [-0.4, -0.2) is 56.0 Å². The maximum atomic E-state index is 11.8. The van der Waals surface area contributed by atoms with E-state index in [1.807, 2.05) is 24.3 Å². The van der Waals surface area contributed by atoms with Crippen molar-refractivity contribution in [3.63, 3.8) is 0 Å². The highest BCUT2D eigenvalue weighted by molar-refractivity contribution is 7.99. The molecule has 1 aromatic rings. The van der Waals surface area contributed by atoms with Crippen molar-refractivity contribution in [3.05, 3.63) is 34.9 Å². The van der Waals surface area contributed by atoms with Crippen molar-refractivity contribution in [3.8, 4) is 0 Å². The van der Waals surface area contributed by atoms with Crippen molar-refractivity contribution in [2.24, 2.45) is 0 Å². The summed E-state index contributed by atoms with van der Waals surface area (Å²) >= 11 is 7.68. The molecular formula is C16H23ClN2O2S. The maximum Gasteiger partial charge on any atom is 0.230 e. The number of halogens is 1. The van der Waals surface area contributed by atoms with Gasteiger partial charge in [0.1, 0.15) is 0 Å². The highest BCUT2D eigenvalue weighted by Gasteiger charge is 2.09. The third kappa shape index (κ3) is 6.57. The number of benzene rings is 1. The zero-order valence-electron chi connectivity index (χ0n) is 12.7. The molecule has 122 valence electrons. The van der Waals surface area contributed by atoms with Crippen molar-refractivity contribution in [2.75, 3.05) is 45.1 Å². The topological polar surface area (TPSA) is 41.6 Å². The Labute approximate surface area is 141 Å². The molecule has 2 rings (SSSR count). The van der Waals surface area contributed by atoms with Crippen LogP contribution in [0.25, 0.3) is 0 Å². The van der Waals surface area contributed by atoms with Gasteiger partial charge in [-0.25, -0.2) is 0 Å². The van der Waals surface area contributed by atoms with Crippen LogP contribution in [0.2, 0.25) is 5.02 Å². The summed E-state index contributed by atoms with van der Waals surface area (Å²) in [6.07, 6.45) is 0.987. The first kappa shape index (κ1) is 17.6. The monoisotopic (exact) mass is 342 g/mol. The number of hydrogen-bond donors (Lipinski definition) is 1. The highest BCUT2D eigenvalue weighted by Crippen LogP contribution is 2.20. The summed E-state index contributed by atoms with van der Waals surface area (Å²) in [7, 11) is 0. The van der Waals surface area contributed by atoms with Crippen molar-refractivity contribution < 1.29 is 9.53 Å². The van der Waals surface area contributed by atoms with Gasteiger partial charge < -0.3 is 10.1 Å². The van der Waals surface area contributed by atoms with Crippen LogP contribution < -0.4 is 5.32 Å². The summed E-state index contributed by atoms with van der Waals surface area (Å²) in [6, 6.07) is 7.75. The Morgan fingerprint density at radius 3 is 2.86 bits per heavy atom. The lowest BCUT2D eigenvalue weighted by Crippen LogP contribution is -2.38. The minimum Gasteiger partial charge on any atom is -0.379 e. The molecule has 0 spiro atoms. The van der Waals surface area contributed by atoms with E-state index in [2.05, 4.69) is 10.2 Å². The number of nitrogens with zero attached hydrogens (tertiary/aromatic N) is 1. The van der Waals surface area contributed by atoms with Crippen LogP contribution in [-0.2, 0) is 15.3 Å². The summed E-state index contributed by atoms with van der Waals surface area (Å²) in [5.41, 5.74) is 1.08. The minimum atomic E-state index is 0.0963. The first-order valence-corrected chi connectivity index (χ1v) is 9.17. The second-order valence-corrected chi connectivity index (χ2v) is 6.63. The number of morpholine rings is 1. The predicted molar refractivity (Wildman–Crippen MR) is 92.5 cm³/mol. The van der Waals surface area contributed by atoms with Crippen LogP contribution in [0.4, 0.5) is 0 Å². The van der Waals surface area contributed by atoms with E-state index in [1.54, 1.807) is 11.8 Å². The fourth-order valence-corrected chi connectivity index (χ4v) is 3.42. The van der Waals surface area contributed by atoms with E-state index in [4.69, 9.17) is 16.3 Å². The van der Waals surface area contributed by atoms with Crippen molar-refractivity contribution in [1.82, 2.24) is 10.2 Å². The van der Waals surface area contributed by atoms with Crippen molar-refractivity contribution in [1.29, 1.82) is 0 Å². The van der Waals surface area contributed by atoms with Gasteiger partial charge in [0.25, 0.3) is 0 Å². The molecule has 6 heteroatoms. The molecule has 1 fully saturated rings. The van der Waals surface area contributed by atoms with E-state index in [0.29, 0.717) is 5.75 Å². The molecule has 0 unspecified atom stereocenters. The number of hydrogen-bond acceptors (Lipinski definition) is 4. The van der Waals surface area contributed by atoms with Gasteiger partial charge in [-0.05, 0) is 24.6 Å². The molecule has 1 heterocycles. The molecule has 1 saturated heterocycles. The van der Waals surface area contributed by atoms with Crippen LogP contribution in [0.5, 0.6) is 0 Å². The molecule has 0 atom stereocenters. The summed E-state index contributed by atoms with van der Waals surface area (Å²) in [6.45, 7) is 5.42. The summed E-state index contributed by atoms with van der Waals surface area (Å²) in [5.74, 6) is 1.34. The predicted octanol–water partition coefficient (Wildman–Crippen LogP) is 2.41. The van der Waals surface area contributed by atoms with Gasteiger partial charge in [-0.2, -0.15) is 0 Å². The van der Waals surface area contributed by atoms with Gasteiger partial charge in [0.15, 0.2) is 0 Å². The van der Waals surface area contributed by atoms with Crippen LogP contribution in [0.3, 0.4) is 0 Å². The van der Waals surface area contributed by atoms with Crippen molar-refractivity contribution >= 4 is 29.3 Å². The molecule has 1 aliphatic heterocycles. The Balaban J connectivity index is 1.51. The summed E-state index contributed by atoms with van der Waals surface area (Å²) in [5, 5.41) is 3.74. The molecule has 0 bridgehead atoms. The number of carbonyl (C=O) groups is 1. The molecule has 0 aliphatic carbocycles. The zero-order chi connectivity index (χ0) is 15.6. The molecule has 0 saturated carbocycles. The molecule has 1 N–H and O–H groups in total.